The molecule has 72 valence electrons. The summed E-state index contributed by atoms with van der Waals surface area (Å²) in [6, 6.07) is 0. The molecule has 0 amide bonds. The van der Waals surface area contributed by atoms with Gasteiger partial charge in [0, 0.05) is 13.1 Å². The van der Waals surface area contributed by atoms with Gasteiger partial charge in [-0.25, -0.2) is 0 Å². The minimum atomic E-state index is -4.01. The monoisotopic (exact) mass is 181 g/mol. The summed E-state index contributed by atoms with van der Waals surface area (Å²) < 4.78 is 37.0. The average Bonchev–Trinajstić information content (AvgIpc) is 2.29. The van der Waals surface area contributed by atoms with Gasteiger partial charge in [-0.1, -0.05) is 13.3 Å². The van der Waals surface area contributed by atoms with E-state index >= 15 is 0 Å². The first-order valence-electron chi connectivity index (χ1n) is 4.20. The van der Waals surface area contributed by atoms with Gasteiger partial charge in [-0.15, -0.1) is 0 Å². The number of hydrogen-bond donors (Lipinski definition) is 0. The highest BCUT2D eigenvalue weighted by Crippen LogP contribution is 2.38. The van der Waals surface area contributed by atoms with Crippen molar-refractivity contribution in [3.05, 3.63) is 0 Å². The number of halogens is 3. The van der Waals surface area contributed by atoms with Crippen molar-refractivity contribution < 1.29 is 13.2 Å². The third kappa shape index (κ3) is 1.91. The molecule has 1 nitrogen and oxygen atoms in total. The van der Waals surface area contributed by atoms with Gasteiger partial charge in [-0.05, 0) is 13.0 Å². The molecule has 2 unspecified atom stereocenters. The zero-order valence-electron chi connectivity index (χ0n) is 7.36. The van der Waals surface area contributed by atoms with Gasteiger partial charge in [0.15, 0.2) is 0 Å². The molecule has 1 heterocycles. The van der Waals surface area contributed by atoms with Crippen molar-refractivity contribution in [2.45, 2.75) is 19.5 Å². The molecule has 0 aromatic carbocycles. The summed E-state index contributed by atoms with van der Waals surface area (Å²) in [6.45, 7) is 2.57. The number of nitrogens with zero attached hydrogens (tertiary/aromatic N) is 1. The smallest absolute Gasteiger partial charge is 0.305 e. The lowest BCUT2D eigenvalue weighted by molar-refractivity contribution is -0.180. The van der Waals surface area contributed by atoms with E-state index in [1.54, 1.807) is 11.9 Å². The molecular formula is C8H14F3N. The number of likely N-dealkylation sites (tertiary alicyclic amines) is 1. The minimum Gasteiger partial charge on any atom is -0.305 e. The molecule has 0 saturated carbocycles. The number of alkyl halides is 3. The van der Waals surface area contributed by atoms with E-state index in [-0.39, 0.29) is 12.5 Å². The molecule has 0 bridgehead atoms. The molecule has 1 fully saturated rings. The Kier molecular flexibility index (Phi) is 2.66. The summed E-state index contributed by atoms with van der Waals surface area (Å²) in [7, 11) is 1.74. The summed E-state index contributed by atoms with van der Waals surface area (Å²) >= 11 is 0. The van der Waals surface area contributed by atoms with Crippen molar-refractivity contribution in [2.24, 2.45) is 11.8 Å². The molecule has 2 atom stereocenters. The lowest BCUT2D eigenvalue weighted by Gasteiger charge is -2.19. The summed E-state index contributed by atoms with van der Waals surface area (Å²) in [4.78, 5) is 1.76. The van der Waals surface area contributed by atoms with Crippen molar-refractivity contribution in [1.82, 2.24) is 4.90 Å². The van der Waals surface area contributed by atoms with Crippen LogP contribution in [0.4, 0.5) is 13.2 Å². The Hall–Kier alpha value is -0.250. The first kappa shape index (κ1) is 9.84. The van der Waals surface area contributed by atoms with Gasteiger partial charge in [0.05, 0.1) is 5.92 Å². The zero-order valence-corrected chi connectivity index (χ0v) is 7.36. The Balaban J connectivity index is 2.64. The fourth-order valence-electron chi connectivity index (χ4n) is 1.87. The minimum absolute atomic E-state index is 0.169. The molecule has 1 aliphatic rings. The van der Waals surface area contributed by atoms with E-state index in [1.165, 1.54) is 0 Å². The van der Waals surface area contributed by atoms with Crippen LogP contribution in [-0.4, -0.2) is 31.2 Å². The number of hydrogen-bond acceptors (Lipinski definition) is 1. The van der Waals surface area contributed by atoms with Gasteiger partial charge in [0.25, 0.3) is 0 Å². The van der Waals surface area contributed by atoms with Crippen LogP contribution in [0.15, 0.2) is 0 Å². The molecule has 12 heavy (non-hydrogen) atoms. The van der Waals surface area contributed by atoms with Crippen molar-refractivity contribution >= 4 is 0 Å². The topological polar surface area (TPSA) is 3.24 Å². The Bertz CT molecular complexity index is 155. The quantitative estimate of drug-likeness (QED) is 0.599. The van der Waals surface area contributed by atoms with E-state index in [0.717, 1.165) is 0 Å². The summed E-state index contributed by atoms with van der Waals surface area (Å²) in [6.07, 6.45) is -3.39. The molecule has 0 aromatic rings. The second-order valence-corrected chi connectivity index (χ2v) is 3.54. The van der Waals surface area contributed by atoms with E-state index in [2.05, 4.69) is 0 Å². The standard InChI is InChI=1S/C8H14F3N/c1-3-6-4-12(2)5-7(6)8(9,10)11/h6-7H,3-5H2,1-2H3. The van der Waals surface area contributed by atoms with Gasteiger partial charge in [-0.2, -0.15) is 13.2 Å². The highest BCUT2D eigenvalue weighted by Gasteiger charge is 2.47. The Morgan fingerprint density at radius 2 is 1.92 bits per heavy atom. The van der Waals surface area contributed by atoms with Crippen LogP contribution in [0.1, 0.15) is 13.3 Å². The summed E-state index contributed by atoms with van der Waals surface area (Å²) in [5, 5.41) is 0. The molecule has 1 rings (SSSR count). The molecular weight excluding hydrogens is 167 g/mol. The second kappa shape index (κ2) is 3.24. The van der Waals surface area contributed by atoms with Crippen LogP contribution >= 0.6 is 0 Å². The maximum Gasteiger partial charge on any atom is 0.393 e. The first-order valence-corrected chi connectivity index (χ1v) is 4.20. The Labute approximate surface area is 70.5 Å². The predicted molar refractivity (Wildman–Crippen MR) is 40.8 cm³/mol. The maximum atomic E-state index is 12.3. The van der Waals surface area contributed by atoms with E-state index in [9.17, 15) is 13.2 Å². The van der Waals surface area contributed by atoms with E-state index < -0.39 is 12.1 Å². The number of rotatable bonds is 1. The van der Waals surface area contributed by atoms with E-state index in [0.29, 0.717) is 13.0 Å². The lowest BCUT2D eigenvalue weighted by Crippen LogP contribution is -2.29. The average molecular weight is 181 g/mol. The van der Waals surface area contributed by atoms with Crippen molar-refractivity contribution in [2.75, 3.05) is 20.1 Å². The largest absolute Gasteiger partial charge is 0.393 e. The summed E-state index contributed by atoms with van der Waals surface area (Å²) in [5.74, 6) is -1.30. The Morgan fingerprint density at radius 1 is 1.33 bits per heavy atom. The van der Waals surface area contributed by atoms with Crippen molar-refractivity contribution in [1.29, 1.82) is 0 Å². The lowest BCUT2D eigenvalue weighted by atomic mass is 9.93. The SMILES string of the molecule is CCC1CN(C)CC1C(F)(F)F. The molecule has 0 aliphatic carbocycles. The van der Waals surface area contributed by atoms with E-state index in [1.807, 2.05) is 6.92 Å². The van der Waals surface area contributed by atoms with Crippen LogP contribution in [0.2, 0.25) is 0 Å². The van der Waals surface area contributed by atoms with Crippen LogP contribution in [0.25, 0.3) is 0 Å². The predicted octanol–water partition coefficient (Wildman–Crippen LogP) is 2.14. The van der Waals surface area contributed by atoms with Gasteiger partial charge < -0.3 is 4.90 Å². The van der Waals surface area contributed by atoms with E-state index in [4.69, 9.17) is 0 Å². The summed E-state index contributed by atoms with van der Waals surface area (Å²) in [5.41, 5.74) is 0. The first-order chi connectivity index (χ1) is 5.45. The fourth-order valence-corrected chi connectivity index (χ4v) is 1.87. The van der Waals surface area contributed by atoms with Gasteiger partial charge >= 0.3 is 6.18 Å². The molecule has 0 N–H and O–H groups in total. The van der Waals surface area contributed by atoms with Crippen LogP contribution < -0.4 is 0 Å². The van der Waals surface area contributed by atoms with Crippen LogP contribution in [0.3, 0.4) is 0 Å². The van der Waals surface area contributed by atoms with Crippen LogP contribution in [0, 0.1) is 11.8 Å². The normalized spacial score (nSPS) is 32.8. The van der Waals surface area contributed by atoms with Gasteiger partial charge in [0.1, 0.15) is 0 Å². The highest BCUT2D eigenvalue weighted by atomic mass is 19.4. The Morgan fingerprint density at radius 3 is 2.25 bits per heavy atom. The molecule has 0 radical (unpaired) electrons. The molecule has 0 aromatic heterocycles. The van der Waals surface area contributed by atoms with Crippen LogP contribution in [0.5, 0.6) is 0 Å². The molecule has 0 spiro atoms. The maximum absolute atomic E-state index is 12.3. The molecule has 4 heteroatoms. The van der Waals surface area contributed by atoms with Crippen molar-refractivity contribution in [3.63, 3.8) is 0 Å². The fraction of sp³-hybridized carbons (Fsp3) is 1.00. The highest BCUT2D eigenvalue weighted by molar-refractivity contribution is 4.85. The zero-order chi connectivity index (χ0) is 9.35. The van der Waals surface area contributed by atoms with Crippen LogP contribution in [-0.2, 0) is 0 Å². The molecule has 1 aliphatic heterocycles. The second-order valence-electron chi connectivity index (χ2n) is 3.54. The third-order valence-electron chi connectivity index (χ3n) is 2.57. The van der Waals surface area contributed by atoms with Gasteiger partial charge in [-0.3, -0.25) is 0 Å². The third-order valence-corrected chi connectivity index (χ3v) is 2.57. The van der Waals surface area contributed by atoms with Crippen molar-refractivity contribution in [3.8, 4) is 0 Å². The molecule has 1 saturated heterocycles. The van der Waals surface area contributed by atoms with Gasteiger partial charge in [0.2, 0.25) is 0 Å².